The Labute approximate surface area is 183 Å². The van der Waals surface area contributed by atoms with E-state index in [-0.39, 0.29) is 0 Å². The van der Waals surface area contributed by atoms with Gasteiger partial charge in [0.15, 0.2) is 0 Å². The van der Waals surface area contributed by atoms with Gasteiger partial charge in [-0.2, -0.15) is 0 Å². The highest BCUT2D eigenvalue weighted by atomic mass is 35.5. The van der Waals surface area contributed by atoms with E-state index in [0.717, 1.165) is 37.5 Å². The number of urea groups is 1. The van der Waals surface area contributed by atoms with Crippen LogP contribution in [0.4, 0.5) is 4.79 Å². The summed E-state index contributed by atoms with van der Waals surface area (Å²) in [7, 11) is -3.85. The molecule has 1 heterocycles. The number of carbonyl (C=O) groups excluding carboxylic acids is 1. The van der Waals surface area contributed by atoms with Crippen LogP contribution >= 0.6 is 11.6 Å². The number of rotatable bonds is 7. The monoisotopic (exact) mass is 446 g/mol. The van der Waals surface area contributed by atoms with Gasteiger partial charge in [-0.05, 0) is 67.4 Å². The van der Waals surface area contributed by atoms with Crippen molar-refractivity contribution >= 4 is 33.7 Å². The van der Waals surface area contributed by atoms with E-state index in [4.69, 9.17) is 11.6 Å². The first kappa shape index (κ1) is 22.4. The highest BCUT2D eigenvalue weighted by Gasteiger charge is 2.24. The molecule has 0 radical (unpaired) electrons. The average molecular weight is 447 g/mol. The van der Waals surface area contributed by atoms with Crippen molar-refractivity contribution in [3.63, 3.8) is 0 Å². The lowest BCUT2D eigenvalue weighted by atomic mass is 9.91. The molecule has 0 atom stereocenters. The van der Waals surface area contributed by atoms with Crippen LogP contribution in [-0.2, 0) is 16.4 Å². The number of nitrogens with zero attached hydrogens (tertiary/aromatic N) is 1. The van der Waals surface area contributed by atoms with Crippen LogP contribution < -0.4 is 4.72 Å². The molecule has 1 saturated heterocycles. The second kappa shape index (κ2) is 10.6. The molecular weight excluding hydrogens is 420 g/mol. The molecular formula is C23H27ClN2O3S. The van der Waals surface area contributed by atoms with Gasteiger partial charge < -0.3 is 4.90 Å². The topological polar surface area (TPSA) is 66.5 Å². The van der Waals surface area contributed by atoms with Gasteiger partial charge in [-0.1, -0.05) is 54.1 Å². The molecule has 0 aromatic heterocycles. The van der Waals surface area contributed by atoms with Crippen molar-refractivity contribution in [3.05, 3.63) is 76.2 Å². The summed E-state index contributed by atoms with van der Waals surface area (Å²) in [5, 5.41) is 1.58. The van der Waals surface area contributed by atoms with Gasteiger partial charge in [-0.15, -0.1) is 0 Å². The smallest absolute Gasteiger partial charge is 0.324 e. The number of likely N-dealkylation sites (tertiary alicyclic amines) is 1. The number of sulfonamides is 1. The Morgan fingerprint density at radius 1 is 1.07 bits per heavy atom. The van der Waals surface area contributed by atoms with E-state index >= 15 is 0 Å². The lowest BCUT2D eigenvalue weighted by Crippen LogP contribution is -2.45. The fraction of sp³-hybridized carbons (Fsp3) is 0.348. The van der Waals surface area contributed by atoms with Crippen molar-refractivity contribution in [2.75, 3.05) is 13.1 Å². The fourth-order valence-corrected chi connectivity index (χ4v) is 4.53. The van der Waals surface area contributed by atoms with Crippen LogP contribution in [0.3, 0.4) is 0 Å². The van der Waals surface area contributed by atoms with E-state index in [1.807, 2.05) is 6.07 Å². The second-order valence-corrected chi connectivity index (χ2v) is 9.62. The zero-order valence-corrected chi connectivity index (χ0v) is 18.4. The molecule has 1 aliphatic heterocycles. The average Bonchev–Trinajstić information content (AvgIpc) is 2.74. The zero-order valence-electron chi connectivity index (χ0n) is 16.8. The number of halogens is 1. The first-order valence-corrected chi connectivity index (χ1v) is 12.1. The van der Waals surface area contributed by atoms with Crippen LogP contribution in [-0.4, -0.2) is 32.4 Å². The van der Waals surface area contributed by atoms with E-state index in [1.54, 1.807) is 29.2 Å². The summed E-state index contributed by atoms with van der Waals surface area (Å²) in [6.45, 7) is 1.16. The van der Waals surface area contributed by atoms with E-state index in [2.05, 4.69) is 29.0 Å². The largest absolute Gasteiger partial charge is 0.331 e. The van der Waals surface area contributed by atoms with Gasteiger partial charge in [0.1, 0.15) is 0 Å². The molecule has 2 amide bonds. The highest BCUT2D eigenvalue weighted by Crippen LogP contribution is 2.23. The molecule has 0 aliphatic carbocycles. The third kappa shape index (κ3) is 7.18. The van der Waals surface area contributed by atoms with Crippen LogP contribution in [0, 0.1) is 5.92 Å². The molecule has 0 unspecified atom stereocenters. The second-order valence-electron chi connectivity index (χ2n) is 7.61. The molecule has 1 N–H and O–H groups in total. The number of amides is 2. The van der Waals surface area contributed by atoms with E-state index in [0.29, 0.717) is 29.6 Å². The molecule has 2 aromatic carbocycles. The molecule has 160 valence electrons. The summed E-state index contributed by atoms with van der Waals surface area (Å²) in [5.74, 6) is 0.583. The minimum Gasteiger partial charge on any atom is -0.324 e. The molecule has 30 heavy (non-hydrogen) atoms. The standard InChI is InChI=1S/C23H27ClN2O3S/c24-22-11-9-21(10-12-22)15-18-30(28,29)25-23(27)26-16-13-20(14-17-26)8-4-7-19-5-2-1-3-6-19/h1-3,5-6,9-12,15,18,20H,4,7-8,13-14,16-17H2,(H,25,27). The third-order valence-electron chi connectivity index (χ3n) is 5.36. The minimum atomic E-state index is -3.85. The minimum absolute atomic E-state index is 0.557. The predicted octanol–water partition coefficient (Wildman–Crippen LogP) is 5.09. The van der Waals surface area contributed by atoms with Crippen LogP contribution in [0.5, 0.6) is 0 Å². The van der Waals surface area contributed by atoms with Gasteiger partial charge in [0, 0.05) is 18.1 Å². The Balaban J connectivity index is 1.41. The summed E-state index contributed by atoms with van der Waals surface area (Å²) >= 11 is 5.82. The Morgan fingerprint density at radius 3 is 2.40 bits per heavy atom. The zero-order chi connectivity index (χ0) is 21.4. The number of hydrogen-bond donors (Lipinski definition) is 1. The van der Waals surface area contributed by atoms with Crippen LogP contribution in [0.2, 0.25) is 5.02 Å². The Kier molecular flexibility index (Phi) is 7.94. The van der Waals surface area contributed by atoms with Crippen LogP contribution in [0.1, 0.15) is 36.8 Å². The van der Waals surface area contributed by atoms with Crippen molar-refractivity contribution in [3.8, 4) is 0 Å². The van der Waals surface area contributed by atoms with Gasteiger partial charge in [-0.25, -0.2) is 17.9 Å². The van der Waals surface area contributed by atoms with E-state index < -0.39 is 16.1 Å². The molecule has 2 aromatic rings. The Hall–Kier alpha value is -2.31. The van der Waals surface area contributed by atoms with Gasteiger partial charge in [0.25, 0.3) is 10.0 Å². The predicted molar refractivity (Wildman–Crippen MR) is 122 cm³/mol. The SMILES string of the molecule is O=C(NS(=O)(=O)C=Cc1ccc(Cl)cc1)N1CCC(CCCc2ccccc2)CC1. The quantitative estimate of drug-likeness (QED) is 0.644. The van der Waals surface area contributed by atoms with Crippen molar-refractivity contribution in [2.24, 2.45) is 5.92 Å². The number of piperidine rings is 1. The summed E-state index contributed by atoms with van der Waals surface area (Å²) in [6, 6.07) is 16.7. The lowest BCUT2D eigenvalue weighted by molar-refractivity contribution is 0.172. The molecule has 0 saturated carbocycles. The number of hydrogen-bond acceptors (Lipinski definition) is 3. The van der Waals surface area contributed by atoms with Gasteiger partial charge in [0.2, 0.25) is 0 Å². The first-order valence-electron chi connectivity index (χ1n) is 10.2. The molecule has 5 nitrogen and oxygen atoms in total. The van der Waals surface area contributed by atoms with E-state index in [9.17, 15) is 13.2 Å². The molecule has 0 bridgehead atoms. The first-order chi connectivity index (χ1) is 14.4. The van der Waals surface area contributed by atoms with Gasteiger partial charge >= 0.3 is 6.03 Å². The molecule has 3 rings (SSSR count). The van der Waals surface area contributed by atoms with Crippen LogP contribution in [0.25, 0.3) is 6.08 Å². The van der Waals surface area contributed by atoms with Gasteiger partial charge in [-0.3, -0.25) is 0 Å². The highest BCUT2D eigenvalue weighted by molar-refractivity contribution is 7.93. The van der Waals surface area contributed by atoms with Gasteiger partial charge in [0.05, 0.1) is 5.41 Å². The molecule has 1 fully saturated rings. The normalized spacial score (nSPS) is 15.4. The van der Waals surface area contributed by atoms with Crippen LogP contribution in [0.15, 0.2) is 60.0 Å². The van der Waals surface area contributed by atoms with Crippen molar-refractivity contribution in [1.29, 1.82) is 0 Å². The number of aryl methyl sites for hydroxylation is 1. The maximum Gasteiger partial charge on any atom is 0.331 e. The van der Waals surface area contributed by atoms with Crippen molar-refractivity contribution < 1.29 is 13.2 Å². The Bertz CT molecular complexity index is 952. The summed E-state index contributed by atoms with van der Waals surface area (Å²) in [5.41, 5.74) is 2.04. The molecule has 0 spiro atoms. The lowest BCUT2D eigenvalue weighted by Gasteiger charge is -2.31. The molecule has 7 heteroatoms. The summed E-state index contributed by atoms with van der Waals surface area (Å²) < 4.78 is 26.5. The van der Waals surface area contributed by atoms with E-state index in [1.165, 1.54) is 11.6 Å². The van der Waals surface area contributed by atoms with Crippen molar-refractivity contribution in [1.82, 2.24) is 9.62 Å². The fourth-order valence-electron chi connectivity index (χ4n) is 3.63. The maximum atomic E-state index is 12.4. The summed E-state index contributed by atoms with van der Waals surface area (Å²) in [6.07, 6.45) is 6.58. The Morgan fingerprint density at radius 2 is 1.73 bits per heavy atom. The third-order valence-corrected chi connectivity index (χ3v) is 6.57. The summed E-state index contributed by atoms with van der Waals surface area (Å²) in [4.78, 5) is 13.9. The number of benzene rings is 2. The molecule has 1 aliphatic rings. The number of nitrogens with one attached hydrogen (secondary N) is 1. The number of carbonyl (C=O) groups is 1. The maximum absolute atomic E-state index is 12.4. The van der Waals surface area contributed by atoms with Crippen molar-refractivity contribution in [2.45, 2.75) is 32.1 Å².